The number of piperidine rings is 1. The Morgan fingerprint density at radius 3 is 2.00 bits per heavy atom. The topological polar surface area (TPSA) is 12.0 Å². The molecule has 2 aliphatic rings. The molecular weight excluding hydrogens is 170 g/mol. The van der Waals surface area contributed by atoms with E-state index in [0.29, 0.717) is 0 Å². The van der Waals surface area contributed by atoms with Gasteiger partial charge in [0.2, 0.25) is 0 Å². The third-order valence-electron chi connectivity index (χ3n) is 4.33. The van der Waals surface area contributed by atoms with Crippen LogP contribution >= 0.6 is 0 Å². The predicted molar refractivity (Wildman–Crippen MR) is 61.3 cm³/mol. The van der Waals surface area contributed by atoms with E-state index in [-0.39, 0.29) is 0 Å². The van der Waals surface area contributed by atoms with E-state index in [0.717, 1.165) is 23.8 Å². The second-order valence-corrected chi connectivity index (χ2v) is 5.72. The largest absolute Gasteiger partial charge is 0.313 e. The van der Waals surface area contributed by atoms with Gasteiger partial charge in [-0.3, -0.25) is 0 Å². The van der Waals surface area contributed by atoms with E-state index >= 15 is 0 Å². The van der Waals surface area contributed by atoms with Crippen LogP contribution in [0.4, 0.5) is 0 Å². The molecule has 0 radical (unpaired) electrons. The summed E-state index contributed by atoms with van der Waals surface area (Å²) in [7, 11) is 0. The van der Waals surface area contributed by atoms with Gasteiger partial charge in [0.25, 0.3) is 0 Å². The second kappa shape index (κ2) is 4.65. The van der Waals surface area contributed by atoms with Gasteiger partial charge in [-0.15, -0.1) is 0 Å². The maximum Gasteiger partial charge on any atom is 0.00955 e. The van der Waals surface area contributed by atoms with Gasteiger partial charge < -0.3 is 5.32 Å². The van der Waals surface area contributed by atoms with Gasteiger partial charge in [0.05, 0.1) is 0 Å². The monoisotopic (exact) mass is 195 g/mol. The molecule has 0 amide bonds. The van der Waals surface area contributed by atoms with Crippen LogP contribution < -0.4 is 5.32 Å². The molecule has 0 aromatic carbocycles. The number of hydrogen-bond acceptors (Lipinski definition) is 1. The van der Waals surface area contributed by atoms with Gasteiger partial charge in [0, 0.05) is 6.04 Å². The van der Waals surface area contributed by atoms with Crippen LogP contribution in [0.15, 0.2) is 0 Å². The molecule has 1 nitrogen and oxygen atoms in total. The van der Waals surface area contributed by atoms with Gasteiger partial charge in [-0.1, -0.05) is 26.7 Å². The minimum atomic E-state index is 0.860. The Bertz CT molecular complexity index is 142. The average molecular weight is 195 g/mol. The molecule has 2 atom stereocenters. The van der Waals surface area contributed by atoms with Crippen molar-refractivity contribution >= 4 is 0 Å². The Kier molecular flexibility index (Phi) is 3.48. The van der Waals surface area contributed by atoms with Crippen LogP contribution in [0.25, 0.3) is 0 Å². The van der Waals surface area contributed by atoms with E-state index in [1.807, 2.05) is 0 Å². The van der Waals surface area contributed by atoms with Crippen LogP contribution in [0.2, 0.25) is 0 Å². The molecule has 1 N–H and O–H groups in total. The molecule has 0 bridgehead atoms. The maximum atomic E-state index is 3.75. The van der Waals surface area contributed by atoms with Crippen molar-refractivity contribution in [3.63, 3.8) is 0 Å². The summed E-state index contributed by atoms with van der Waals surface area (Å²) in [5, 5.41) is 3.75. The lowest BCUT2D eigenvalue weighted by molar-refractivity contribution is 0.189. The summed E-state index contributed by atoms with van der Waals surface area (Å²) < 4.78 is 0. The summed E-state index contributed by atoms with van der Waals surface area (Å²) in [5.41, 5.74) is 0. The molecule has 1 heteroatoms. The zero-order valence-corrected chi connectivity index (χ0v) is 9.76. The molecule has 0 aromatic rings. The number of nitrogens with one attached hydrogen (secondary N) is 1. The van der Waals surface area contributed by atoms with Crippen molar-refractivity contribution < 1.29 is 0 Å². The lowest BCUT2D eigenvalue weighted by atomic mass is 9.76. The molecule has 82 valence electrons. The SMILES string of the molecule is CC1CCC(C2CCC(C)CN2)CC1. The minimum Gasteiger partial charge on any atom is -0.313 e. The molecule has 1 saturated carbocycles. The van der Waals surface area contributed by atoms with Crippen LogP contribution in [-0.4, -0.2) is 12.6 Å². The van der Waals surface area contributed by atoms with Crippen LogP contribution in [-0.2, 0) is 0 Å². The molecular formula is C13H25N. The highest BCUT2D eigenvalue weighted by Gasteiger charge is 2.28. The molecule has 2 rings (SSSR count). The molecule has 1 aliphatic heterocycles. The fourth-order valence-electron chi connectivity index (χ4n) is 3.11. The molecule has 1 saturated heterocycles. The number of rotatable bonds is 1. The van der Waals surface area contributed by atoms with Crippen LogP contribution in [0.5, 0.6) is 0 Å². The Balaban J connectivity index is 1.78. The van der Waals surface area contributed by atoms with E-state index in [1.165, 1.54) is 45.1 Å². The first-order valence-corrected chi connectivity index (χ1v) is 6.49. The summed E-state index contributed by atoms with van der Waals surface area (Å²) in [5.74, 6) is 2.90. The van der Waals surface area contributed by atoms with Crippen LogP contribution in [0.3, 0.4) is 0 Å². The van der Waals surface area contributed by atoms with Crippen molar-refractivity contribution in [3.8, 4) is 0 Å². The van der Waals surface area contributed by atoms with Crippen molar-refractivity contribution in [2.45, 2.75) is 58.4 Å². The molecule has 2 unspecified atom stereocenters. The molecule has 0 spiro atoms. The van der Waals surface area contributed by atoms with E-state index < -0.39 is 0 Å². The van der Waals surface area contributed by atoms with Gasteiger partial charge >= 0.3 is 0 Å². The van der Waals surface area contributed by atoms with Crippen molar-refractivity contribution in [3.05, 3.63) is 0 Å². The van der Waals surface area contributed by atoms with Crippen molar-refractivity contribution in [1.29, 1.82) is 0 Å². The Morgan fingerprint density at radius 1 is 0.786 bits per heavy atom. The summed E-state index contributed by atoms with van der Waals surface area (Å²) in [4.78, 5) is 0. The zero-order valence-electron chi connectivity index (χ0n) is 9.76. The second-order valence-electron chi connectivity index (χ2n) is 5.72. The van der Waals surface area contributed by atoms with Crippen LogP contribution in [0.1, 0.15) is 52.4 Å². The number of hydrogen-bond donors (Lipinski definition) is 1. The van der Waals surface area contributed by atoms with E-state index in [9.17, 15) is 0 Å². The zero-order chi connectivity index (χ0) is 9.97. The van der Waals surface area contributed by atoms with Gasteiger partial charge in [-0.2, -0.15) is 0 Å². The van der Waals surface area contributed by atoms with Crippen LogP contribution in [0, 0.1) is 17.8 Å². The quantitative estimate of drug-likeness (QED) is 0.677. The lowest BCUT2D eigenvalue weighted by Gasteiger charge is -2.37. The summed E-state index contributed by atoms with van der Waals surface area (Å²) in [6.45, 7) is 6.04. The summed E-state index contributed by atoms with van der Waals surface area (Å²) >= 11 is 0. The molecule has 2 fully saturated rings. The fraction of sp³-hybridized carbons (Fsp3) is 1.00. The van der Waals surface area contributed by atoms with Gasteiger partial charge in [-0.05, 0) is 50.0 Å². The average Bonchev–Trinajstić information content (AvgIpc) is 2.21. The Labute approximate surface area is 88.7 Å². The van der Waals surface area contributed by atoms with Crippen molar-refractivity contribution in [2.24, 2.45) is 17.8 Å². The highest BCUT2D eigenvalue weighted by Crippen LogP contribution is 2.33. The first kappa shape index (κ1) is 10.5. The third kappa shape index (κ3) is 2.50. The summed E-state index contributed by atoms with van der Waals surface area (Å²) in [6, 6.07) is 0.860. The fourth-order valence-corrected chi connectivity index (χ4v) is 3.11. The van der Waals surface area contributed by atoms with E-state index in [4.69, 9.17) is 0 Å². The molecule has 14 heavy (non-hydrogen) atoms. The van der Waals surface area contributed by atoms with Gasteiger partial charge in [-0.25, -0.2) is 0 Å². The highest BCUT2D eigenvalue weighted by molar-refractivity contribution is 4.84. The van der Waals surface area contributed by atoms with Gasteiger partial charge in [0.15, 0.2) is 0 Å². The van der Waals surface area contributed by atoms with Crippen molar-refractivity contribution in [1.82, 2.24) is 5.32 Å². The van der Waals surface area contributed by atoms with E-state index in [1.54, 1.807) is 0 Å². The molecule has 0 aromatic heterocycles. The third-order valence-corrected chi connectivity index (χ3v) is 4.33. The van der Waals surface area contributed by atoms with Crippen molar-refractivity contribution in [2.75, 3.05) is 6.54 Å². The lowest BCUT2D eigenvalue weighted by Crippen LogP contribution is -2.43. The molecule has 1 aliphatic carbocycles. The smallest absolute Gasteiger partial charge is 0.00955 e. The Morgan fingerprint density at radius 2 is 1.43 bits per heavy atom. The Hall–Kier alpha value is -0.0400. The maximum absolute atomic E-state index is 3.75. The van der Waals surface area contributed by atoms with Gasteiger partial charge in [0.1, 0.15) is 0 Å². The van der Waals surface area contributed by atoms with E-state index in [2.05, 4.69) is 19.2 Å². The highest BCUT2D eigenvalue weighted by atomic mass is 14.9. The summed E-state index contributed by atoms with van der Waals surface area (Å²) in [6.07, 6.45) is 8.78. The first-order valence-electron chi connectivity index (χ1n) is 6.49. The normalized spacial score (nSPS) is 45.0. The predicted octanol–water partition coefficient (Wildman–Crippen LogP) is 3.20. The first-order chi connectivity index (χ1) is 6.75. The molecule has 1 heterocycles. The minimum absolute atomic E-state index is 0.860. The standard InChI is InChI=1S/C13H25N/c1-10-3-6-12(7-4-10)13-8-5-11(2)9-14-13/h10-14H,3-9H2,1-2H3.